The summed E-state index contributed by atoms with van der Waals surface area (Å²) >= 11 is 0. The third-order valence-electron chi connectivity index (χ3n) is 4.17. The van der Waals surface area contributed by atoms with Crippen LogP contribution in [0.3, 0.4) is 0 Å². The Hall–Kier alpha value is -2.59. The molecule has 10 heteroatoms. The topological polar surface area (TPSA) is 105 Å². The molecule has 138 valence electrons. The molecule has 0 radical (unpaired) electrons. The molecule has 1 amide bonds. The molecule has 0 bridgehead atoms. The molecule has 1 saturated heterocycles. The molecule has 1 aliphatic rings. The SMILES string of the molecule is CS(=O)(=O)N1CCN(C(=O)Cn2nc(-c3cccnc3)ccc2=O)CC1. The van der Waals surface area contributed by atoms with E-state index in [2.05, 4.69) is 10.1 Å². The second kappa shape index (κ2) is 7.34. The van der Waals surface area contributed by atoms with Gasteiger partial charge >= 0.3 is 0 Å². The Morgan fingerprint density at radius 1 is 1.15 bits per heavy atom. The predicted octanol–water partition coefficient (Wildman–Crippen LogP) is -0.591. The van der Waals surface area contributed by atoms with E-state index < -0.39 is 10.0 Å². The maximum Gasteiger partial charge on any atom is 0.267 e. The third kappa shape index (κ3) is 4.14. The van der Waals surface area contributed by atoms with Crippen LogP contribution in [0.15, 0.2) is 41.5 Å². The fourth-order valence-electron chi connectivity index (χ4n) is 2.73. The zero-order valence-electron chi connectivity index (χ0n) is 14.3. The number of hydrogen-bond acceptors (Lipinski definition) is 6. The van der Waals surface area contributed by atoms with Gasteiger partial charge in [0.05, 0.1) is 11.9 Å². The monoisotopic (exact) mass is 377 g/mol. The van der Waals surface area contributed by atoms with Gasteiger partial charge in [-0.25, -0.2) is 13.1 Å². The molecule has 0 N–H and O–H groups in total. The Balaban J connectivity index is 1.71. The summed E-state index contributed by atoms with van der Waals surface area (Å²) in [5.74, 6) is -0.268. The first kappa shape index (κ1) is 18.2. The zero-order valence-corrected chi connectivity index (χ0v) is 15.1. The van der Waals surface area contributed by atoms with E-state index in [0.29, 0.717) is 18.8 Å². The second-order valence-corrected chi connectivity index (χ2v) is 7.98. The van der Waals surface area contributed by atoms with Crippen molar-refractivity contribution in [2.75, 3.05) is 32.4 Å². The van der Waals surface area contributed by atoms with Gasteiger partial charge in [0.1, 0.15) is 6.54 Å². The highest BCUT2D eigenvalue weighted by Gasteiger charge is 2.26. The van der Waals surface area contributed by atoms with Gasteiger partial charge in [-0.1, -0.05) is 0 Å². The Morgan fingerprint density at radius 2 is 1.88 bits per heavy atom. The van der Waals surface area contributed by atoms with Gasteiger partial charge in [-0.05, 0) is 18.2 Å². The van der Waals surface area contributed by atoms with E-state index in [0.717, 1.165) is 16.5 Å². The zero-order chi connectivity index (χ0) is 18.7. The summed E-state index contributed by atoms with van der Waals surface area (Å²) < 4.78 is 25.5. The summed E-state index contributed by atoms with van der Waals surface area (Å²) in [7, 11) is -3.25. The first-order chi connectivity index (χ1) is 12.3. The van der Waals surface area contributed by atoms with Crippen LogP contribution in [0.4, 0.5) is 0 Å². The lowest BCUT2D eigenvalue weighted by atomic mass is 10.2. The normalized spacial score (nSPS) is 15.8. The van der Waals surface area contributed by atoms with Crippen LogP contribution in [0.5, 0.6) is 0 Å². The van der Waals surface area contributed by atoms with Crippen LogP contribution in [0.25, 0.3) is 11.3 Å². The Bertz CT molecular complexity index is 950. The van der Waals surface area contributed by atoms with Crippen LogP contribution in [0.2, 0.25) is 0 Å². The maximum atomic E-state index is 12.5. The summed E-state index contributed by atoms with van der Waals surface area (Å²) in [6.45, 7) is 0.906. The van der Waals surface area contributed by atoms with Crippen molar-refractivity contribution in [1.29, 1.82) is 0 Å². The van der Waals surface area contributed by atoms with Gasteiger partial charge in [-0.15, -0.1) is 0 Å². The molecule has 0 aliphatic carbocycles. The van der Waals surface area contributed by atoms with Crippen LogP contribution in [-0.2, 0) is 21.4 Å². The van der Waals surface area contributed by atoms with Gasteiger partial charge in [-0.3, -0.25) is 14.6 Å². The highest BCUT2D eigenvalue weighted by Crippen LogP contribution is 2.13. The number of hydrogen-bond donors (Lipinski definition) is 0. The summed E-state index contributed by atoms with van der Waals surface area (Å²) in [6.07, 6.45) is 4.42. The van der Waals surface area contributed by atoms with Crippen molar-refractivity contribution in [2.24, 2.45) is 0 Å². The van der Waals surface area contributed by atoms with E-state index in [9.17, 15) is 18.0 Å². The van der Waals surface area contributed by atoms with Crippen molar-refractivity contribution < 1.29 is 13.2 Å². The largest absolute Gasteiger partial charge is 0.338 e. The summed E-state index contributed by atoms with van der Waals surface area (Å²) in [4.78, 5) is 30.1. The van der Waals surface area contributed by atoms with Crippen molar-refractivity contribution in [1.82, 2.24) is 24.0 Å². The molecule has 3 rings (SSSR count). The number of amides is 1. The summed E-state index contributed by atoms with van der Waals surface area (Å²) in [5.41, 5.74) is 0.920. The number of carbonyl (C=O) groups is 1. The third-order valence-corrected chi connectivity index (χ3v) is 5.47. The van der Waals surface area contributed by atoms with Crippen molar-refractivity contribution in [3.8, 4) is 11.3 Å². The molecule has 0 aromatic carbocycles. The number of piperazine rings is 1. The molecular weight excluding hydrogens is 358 g/mol. The van der Waals surface area contributed by atoms with E-state index in [1.54, 1.807) is 29.4 Å². The average Bonchev–Trinajstić information content (AvgIpc) is 2.63. The van der Waals surface area contributed by atoms with E-state index in [4.69, 9.17) is 0 Å². The fourth-order valence-corrected chi connectivity index (χ4v) is 3.55. The fraction of sp³-hybridized carbons (Fsp3) is 0.375. The van der Waals surface area contributed by atoms with Crippen LogP contribution in [0.1, 0.15) is 0 Å². The van der Waals surface area contributed by atoms with Crippen LogP contribution in [-0.4, -0.2) is 70.7 Å². The predicted molar refractivity (Wildman–Crippen MR) is 94.7 cm³/mol. The minimum absolute atomic E-state index is 0.189. The second-order valence-electron chi connectivity index (χ2n) is 6.00. The molecule has 2 aromatic rings. The van der Waals surface area contributed by atoms with Gasteiger partial charge in [0.2, 0.25) is 15.9 Å². The first-order valence-electron chi connectivity index (χ1n) is 8.06. The van der Waals surface area contributed by atoms with Gasteiger partial charge < -0.3 is 4.90 Å². The van der Waals surface area contributed by atoms with Crippen LogP contribution >= 0.6 is 0 Å². The van der Waals surface area contributed by atoms with E-state index in [-0.39, 0.29) is 31.1 Å². The number of carbonyl (C=O) groups excluding carboxylic acids is 1. The lowest BCUT2D eigenvalue weighted by molar-refractivity contribution is -0.133. The number of pyridine rings is 1. The van der Waals surface area contributed by atoms with Gasteiger partial charge in [-0.2, -0.15) is 9.40 Å². The Kier molecular flexibility index (Phi) is 5.14. The Morgan fingerprint density at radius 3 is 2.50 bits per heavy atom. The van der Waals surface area contributed by atoms with Crippen molar-refractivity contribution in [3.05, 3.63) is 47.0 Å². The van der Waals surface area contributed by atoms with Gasteiger partial charge in [0.25, 0.3) is 5.56 Å². The lowest BCUT2D eigenvalue weighted by Gasteiger charge is -2.33. The maximum absolute atomic E-state index is 12.5. The molecule has 0 unspecified atom stereocenters. The first-order valence-corrected chi connectivity index (χ1v) is 9.91. The van der Waals surface area contributed by atoms with Crippen molar-refractivity contribution in [3.63, 3.8) is 0 Å². The van der Waals surface area contributed by atoms with Crippen LogP contribution < -0.4 is 5.56 Å². The van der Waals surface area contributed by atoms with E-state index in [1.165, 1.54) is 10.4 Å². The minimum atomic E-state index is -3.25. The standard InChI is InChI=1S/C16H19N5O4S/c1-26(24,25)20-9-7-19(8-10-20)16(23)12-21-15(22)5-4-14(18-21)13-3-2-6-17-11-13/h2-6,11H,7-10,12H2,1H3. The average molecular weight is 377 g/mol. The highest BCUT2D eigenvalue weighted by molar-refractivity contribution is 7.88. The number of sulfonamides is 1. The lowest BCUT2D eigenvalue weighted by Crippen LogP contribution is -2.51. The minimum Gasteiger partial charge on any atom is -0.338 e. The summed E-state index contributed by atoms with van der Waals surface area (Å²) in [5, 5.41) is 4.24. The molecule has 0 atom stereocenters. The highest BCUT2D eigenvalue weighted by atomic mass is 32.2. The van der Waals surface area contributed by atoms with Crippen molar-refractivity contribution >= 4 is 15.9 Å². The number of nitrogens with zero attached hydrogens (tertiary/aromatic N) is 5. The molecule has 1 aliphatic heterocycles. The molecule has 1 fully saturated rings. The molecular formula is C16H19N5O4S. The molecule has 0 saturated carbocycles. The van der Waals surface area contributed by atoms with E-state index in [1.807, 2.05) is 6.07 Å². The van der Waals surface area contributed by atoms with Crippen molar-refractivity contribution in [2.45, 2.75) is 6.54 Å². The number of aromatic nitrogens is 3. The Labute approximate surface area is 150 Å². The molecule has 26 heavy (non-hydrogen) atoms. The number of rotatable bonds is 4. The quantitative estimate of drug-likeness (QED) is 0.705. The summed E-state index contributed by atoms with van der Waals surface area (Å²) in [6, 6.07) is 6.53. The molecule has 0 spiro atoms. The van der Waals surface area contributed by atoms with E-state index >= 15 is 0 Å². The molecule has 3 heterocycles. The van der Waals surface area contributed by atoms with Gasteiger partial charge in [0, 0.05) is 50.2 Å². The van der Waals surface area contributed by atoms with Crippen LogP contribution in [0, 0.1) is 0 Å². The van der Waals surface area contributed by atoms with Gasteiger partial charge in [0.15, 0.2) is 0 Å². The smallest absolute Gasteiger partial charge is 0.267 e. The molecule has 2 aromatic heterocycles. The molecule has 9 nitrogen and oxygen atoms in total.